The zero-order chi connectivity index (χ0) is 18.6. The van der Waals surface area contributed by atoms with Crippen molar-refractivity contribution in [2.24, 2.45) is 4.99 Å². The summed E-state index contributed by atoms with van der Waals surface area (Å²) in [5, 5.41) is 0. The lowest BCUT2D eigenvalue weighted by molar-refractivity contribution is 0.207. The average Bonchev–Trinajstić information content (AvgIpc) is 2.79. The third-order valence-corrected chi connectivity index (χ3v) is 4.03. The van der Waals surface area contributed by atoms with E-state index >= 15 is 0 Å². The molecule has 0 radical (unpaired) electrons. The van der Waals surface area contributed by atoms with E-state index in [1.54, 1.807) is 16.8 Å². The van der Waals surface area contributed by atoms with E-state index in [1.807, 2.05) is 30.4 Å². The first-order valence-electron chi connectivity index (χ1n) is 8.48. The summed E-state index contributed by atoms with van der Waals surface area (Å²) in [7, 11) is 0. The standard InChI is InChI=1S/C20H16F2N4O/c21-18-9-5-8-17(19(22)25-18)14-10-23-20-24-15(12-26(20)11-14)13-27-16-6-3-1-2-4-7-16/h1-3,5-8,10-12H,4,9,13H2. The second-order valence-corrected chi connectivity index (χ2v) is 6.00. The number of imidazole rings is 1. The van der Waals surface area contributed by atoms with Gasteiger partial charge in [-0.25, -0.2) is 9.97 Å². The van der Waals surface area contributed by atoms with E-state index in [9.17, 15) is 8.78 Å². The van der Waals surface area contributed by atoms with E-state index in [2.05, 4.69) is 15.0 Å². The second-order valence-electron chi connectivity index (χ2n) is 6.00. The number of hydrogen-bond acceptors (Lipinski definition) is 4. The van der Waals surface area contributed by atoms with Crippen molar-refractivity contribution in [2.75, 3.05) is 0 Å². The van der Waals surface area contributed by atoms with Crippen molar-refractivity contribution in [1.29, 1.82) is 0 Å². The predicted molar refractivity (Wildman–Crippen MR) is 99.1 cm³/mol. The molecule has 2 aliphatic rings. The molecule has 136 valence electrons. The second kappa shape index (κ2) is 7.49. The van der Waals surface area contributed by atoms with Gasteiger partial charge in [-0.05, 0) is 18.6 Å². The minimum absolute atomic E-state index is 0.0288. The fourth-order valence-corrected chi connectivity index (χ4v) is 2.74. The Morgan fingerprint density at radius 2 is 2.04 bits per heavy atom. The number of rotatable bonds is 4. The number of hydrogen-bond donors (Lipinski definition) is 0. The number of allylic oxidation sites excluding steroid dienone is 8. The molecular formula is C20H16F2N4O. The predicted octanol–water partition coefficient (Wildman–Crippen LogP) is 4.61. The van der Waals surface area contributed by atoms with Gasteiger partial charge in [0, 0.05) is 36.1 Å². The van der Waals surface area contributed by atoms with Gasteiger partial charge in [0.15, 0.2) is 5.97 Å². The van der Waals surface area contributed by atoms with Crippen LogP contribution in [0, 0.1) is 0 Å². The Bertz CT molecular complexity index is 1060. The minimum Gasteiger partial charge on any atom is -0.488 e. The van der Waals surface area contributed by atoms with Crippen LogP contribution in [0.25, 0.3) is 11.4 Å². The van der Waals surface area contributed by atoms with Gasteiger partial charge in [0.1, 0.15) is 12.4 Å². The van der Waals surface area contributed by atoms with Crippen LogP contribution < -0.4 is 0 Å². The van der Waals surface area contributed by atoms with Crippen LogP contribution in [-0.2, 0) is 11.3 Å². The third-order valence-electron chi connectivity index (χ3n) is 4.03. The average molecular weight is 366 g/mol. The molecule has 3 heterocycles. The van der Waals surface area contributed by atoms with Crippen LogP contribution in [0.5, 0.6) is 0 Å². The van der Waals surface area contributed by atoms with E-state index in [0.29, 0.717) is 23.6 Å². The fourth-order valence-electron chi connectivity index (χ4n) is 2.74. The molecule has 7 heteroatoms. The highest BCUT2D eigenvalue weighted by Gasteiger charge is 2.13. The Balaban J connectivity index is 1.57. The molecule has 0 saturated heterocycles. The fraction of sp³-hybridized carbons (Fsp3) is 0.150. The smallest absolute Gasteiger partial charge is 0.234 e. The van der Waals surface area contributed by atoms with E-state index < -0.39 is 11.9 Å². The zero-order valence-electron chi connectivity index (χ0n) is 14.3. The van der Waals surface area contributed by atoms with Crippen LogP contribution in [0.2, 0.25) is 0 Å². The van der Waals surface area contributed by atoms with Crippen LogP contribution in [0.15, 0.2) is 77.8 Å². The van der Waals surface area contributed by atoms with Crippen LogP contribution in [-0.4, -0.2) is 20.3 Å². The van der Waals surface area contributed by atoms with E-state index in [0.717, 1.165) is 12.2 Å². The lowest BCUT2D eigenvalue weighted by Crippen LogP contribution is -1.92. The summed E-state index contributed by atoms with van der Waals surface area (Å²) in [5.41, 5.74) is 1.37. The van der Waals surface area contributed by atoms with Gasteiger partial charge in [0.2, 0.25) is 11.7 Å². The van der Waals surface area contributed by atoms with Gasteiger partial charge in [-0.2, -0.15) is 13.8 Å². The first-order valence-corrected chi connectivity index (χ1v) is 8.48. The van der Waals surface area contributed by atoms with Crippen molar-refractivity contribution in [2.45, 2.75) is 19.4 Å². The lowest BCUT2D eigenvalue weighted by atomic mass is 10.1. The minimum atomic E-state index is -0.869. The van der Waals surface area contributed by atoms with Crippen LogP contribution >= 0.6 is 0 Å². The maximum absolute atomic E-state index is 14.1. The summed E-state index contributed by atoms with van der Waals surface area (Å²) in [6.07, 6.45) is 18.6. The van der Waals surface area contributed by atoms with Crippen molar-refractivity contribution in [1.82, 2.24) is 14.4 Å². The van der Waals surface area contributed by atoms with Crippen molar-refractivity contribution < 1.29 is 13.5 Å². The SMILES string of the molecule is FC1=NC(F)=C(c2cnc3nc(COC4=CCC=CC=C4)cn3c2)C=CC1. The molecule has 27 heavy (non-hydrogen) atoms. The molecule has 0 bridgehead atoms. The zero-order valence-corrected chi connectivity index (χ0v) is 14.3. The molecule has 0 saturated carbocycles. The summed E-state index contributed by atoms with van der Waals surface area (Å²) < 4.78 is 34.8. The highest BCUT2D eigenvalue weighted by Crippen LogP contribution is 2.25. The van der Waals surface area contributed by atoms with Gasteiger partial charge in [0.25, 0.3) is 0 Å². The molecule has 2 aromatic heterocycles. The molecule has 1 aliphatic heterocycles. The monoisotopic (exact) mass is 366 g/mol. The van der Waals surface area contributed by atoms with E-state index in [4.69, 9.17) is 4.74 Å². The molecule has 5 nitrogen and oxygen atoms in total. The number of aliphatic imine (C=N–C) groups is 1. The Morgan fingerprint density at radius 3 is 2.96 bits per heavy atom. The highest BCUT2D eigenvalue weighted by atomic mass is 19.1. The summed E-state index contributed by atoms with van der Waals surface area (Å²) >= 11 is 0. The quantitative estimate of drug-likeness (QED) is 0.743. The van der Waals surface area contributed by atoms with Crippen molar-refractivity contribution in [3.8, 4) is 0 Å². The first kappa shape index (κ1) is 17.1. The van der Waals surface area contributed by atoms with Gasteiger partial charge in [0.05, 0.1) is 5.69 Å². The number of aromatic nitrogens is 3. The van der Waals surface area contributed by atoms with Gasteiger partial charge in [-0.1, -0.05) is 30.4 Å². The van der Waals surface area contributed by atoms with E-state index in [1.165, 1.54) is 18.3 Å². The molecule has 2 aromatic rings. The van der Waals surface area contributed by atoms with Gasteiger partial charge in [-0.15, -0.1) is 0 Å². The van der Waals surface area contributed by atoms with Crippen molar-refractivity contribution in [3.63, 3.8) is 0 Å². The maximum Gasteiger partial charge on any atom is 0.234 e. The summed E-state index contributed by atoms with van der Waals surface area (Å²) in [6.45, 7) is 0.293. The Morgan fingerprint density at radius 1 is 1.11 bits per heavy atom. The van der Waals surface area contributed by atoms with Crippen molar-refractivity contribution >= 4 is 17.3 Å². The number of nitrogens with zero attached hydrogens (tertiary/aromatic N) is 4. The number of halogens is 2. The van der Waals surface area contributed by atoms with Crippen LogP contribution in [0.3, 0.4) is 0 Å². The van der Waals surface area contributed by atoms with E-state index in [-0.39, 0.29) is 12.0 Å². The molecular weight excluding hydrogens is 350 g/mol. The maximum atomic E-state index is 14.1. The van der Waals surface area contributed by atoms with Crippen LogP contribution in [0.4, 0.5) is 8.78 Å². The molecule has 0 fully saturated rings. The molecule has 0 amide bonds. The summed E-state index contributed by atoms with van der Waals surface area (Å²) in [6, 6.07) is 0. The third kappa shape index (κ3) is 3.92. The molecule has 0 aromatic carbocycles. The molecule has 0 N–H and O–H groups in total. The summed E-state index contributed by atoms with van der Waals surface area (Å²) in [4.78, 5) is 12.0. The molecule has 0 atom stereocenters. The van der Waals surface area contributed by atoms with Gasteiger partial charge < -0.3 is 4.74 Å². The Labute approximate surface area is 154 Å². The normalized spacial score (nSPS) is 17.0. The largest absolute Gasteiger partial charge is 0.488 e. The number of ether oxygens (including phenoxy) is 1. The van der Waals surface area contributed by atoms with Crippen LogP contribution in [0.1, 0.15) is 24.1 Å². The Hall–Kier alpha value is -3.35. The molecule has 4 rings (SSSR count). The highest BCUT2D eigenvalue weighted by molar-refractivity contribution is 5.84. The summed E-state index contributed by atoms with van der Waals surface area (Å²) in [5.74, 6) is -0.377. The topological polar surface area (TPSA) is 51.8 Å². The Kier molecular flexibility index (Phi) is 4.74. The van der Waals surface area contributed by atoms with Gasteiger partial charge >= 0.3 is 0 Å². The lowest BCUT2D eigenvalue weighted by Gasteiger charge is -2.03. The first-order chi connectivity index (χ1) is 13.2. The van der Waals surface area contributed by atoms with Gasteiger partial charge in [-0.3, -0.25) is 4.40 Å². The van der Waals surface area contributed by atoms with Crippen molar-refractivity contribution in [3.05, 3.63) is 84.1 Å². The molecule has 1 aliphatic carbocycles. The molecule has 0 spiro atoms. The number of fused-ring (bicyclic) bond motifs is 1. The molecule has 0 unspecified atom stereocenters.